The maximum absolute atomic E-state index is 11.6. The number of Topliss-reactive ketones (excluding diaryl/α,β-unsaturated/α-hetero) is 1. The first-order valence-corrected chi connectivity index (χ1v) is 7.99. The summed E-state index contributed by atoms with van der Waals surface area (Å²) in [7, 11) is 0. The number of carbonyl (C=O) groups excluding carboxylic acids is 1. The van der Waals surface area contributed by atoms with Gasteiger partial charge < -0.3 is 4.98 Å². The SMILES string of the molecule is CCC(=O)CCc1nc(-c2ccccc2)c(-c2ccccc2)[nH]1. The van der Waals surface area contributed by atoms with Crippen LogP contribution in [0.4, 0.5) is 0 Å². The molecule has 0 amide bonds. The number of ketones is 1. The molecular formula is C20H20N2O. The summed E-state index contributed by atoms with van der Waals surface area (Å²) >= 11 is 0. The highest BCUT2D eigenvalue weighted by atomic mass is 16.1. The lowest BCUT2D eigenvalue weighted by molar-refractivity contribution is -0.118. The summed E-state index contributed by atoms with van der Waals surface area (Å²) in [5.41, 5.74) is 4.13. The molecule has 0 radical (unpaired) electrons. The van der Waals surface area contributed by atoms with Gasteiger partial charge in [-0.25, -0.2) is 4.98 Å². The molecule has 23 heavy (non-hydrogen) atoms. The molecule has 3 nitrogen and oxygen atoms in total. The maximum atomic E-state index is 11.6. The fraction of sp³-hybridized carbons (Fsp3) is 0.200. The largest absolute Gasteiger partial charge is 0.341 e. The number of aromatic nitrogens is 2. The molecule has 0 fully saturated rings. The van der Waals surface area contributed by atoms with Crippen molar-refractivity contribution in [3.63, 3.8) is 0 Å². The molecule has 0 aliphatic heterocycles. The van der Waals surface area contributed by atoms with Gasteiger partial charge in [0, 0.05) is 30.4 Å². The number of hydrogen-bond acceptors (Lipinski definition) is 2. The van der Waals surface area contributed by atoms with Crippen molar-refractivity contribution in [3.8, 4) is 22.5 Å². The number of benzene rings is 2. The van der Waals surface area contributed by atoms with Crippen LogP contribution in [0.5, 0.6) is 0 Å². The van der Waals surface area contributed by atoms with Crippen LogP contribution in [0.1, 0.15) is 25.6 Å². The first-order chi connectivity index (χ1) is 11.3. The summed E-state index contributed by atoms with van der Waals surface area (Å²) in [6.45, 7) is 1.90. The number of rotatable bonds is 6. The van der Waals surface area contributed by atoms with E-state index in [1.54, 1.807) is 0 Å². The molecule has 2 aromatic carbocycles. The van der Waals surface area contributed by atoms with E-state index >= 15 is 0 Å². The number of carbonyl (C=O) groups is 1. The highest BCUT2D eigenvalue weighted by molar-refractivity contribution is 5.79. The third-order valence-electron chi connectivity index (χ3n) is 3.90. The minimum Gasteiger partial charge on any atom is -0.341 e. The Morgan fingerprint density at radius 2 is 1.57 bits per heavy atom. The fourth-order valence-electron chi connectivity index (χ4n) is 2.59. The molecule has 1 N–H and O–H groups in total. The van der Waals surface area contributed by atoms with Crippen LogP contribution in [0.3, 0.4) is 0 Å². The Morgan fingerprint density at radius 1 is 0.957 bits per heavy atom. The van der Waals surface area contributed by atoms with Crippen molar-refractivity contribution in [3.05, 3.63) is 66.5 Å². The second-order valence-electron chi connectivity index (χ2n) is 5.53. The van der Waals surface area contributed by atoms with Gasteiger partial charge in [0.15, 0.2) is 0 Å². The van der Waals surface area contributed by atoms with E-state index in [9.17, 15) is 4.79 Å². The molecule has 0 aliphatic carbocycles. The van der Waals surface area contributed by atoms with Gasteiger partial charge in [0.2, 0.25) is 0 Å². The second kappa shape index (κ2) is 7.05. The van der Waals surface area contributed by atoms with Gasteiger partial charge in [-0.15, -0.1) is 0 Å². The molecular weight excluding hydrogens is 284 g/mol. The van der Waals surface area contributed by atoms with Crippen molar-refractivity contribution in [2.45, 2.75) is 26.2 Å². The van der Waals surface area contributed by atoms with Crippen LogP contribution in [0.2, 0.25) is 0 Å². The van der Waals surface area contributed by atoms with Gasteiger partial charge in [0.1, 0.15) is 11.6 Å². The Balaban J connectivity index is 1.99. The van der Waals surface area contributed by atoms with Gasteiger partial charge in [-0.05, 0) is 0 Å². The third kappa shape index (κ3) is 3.57. The van der Waals surface area contributed by atoms with E-state index < -0.39 is 0 Å². The number of aromatic amines is 1. The van der Waals surface area contributed by atoms with Gasteiger partial charge in [-0.2, -0.15) is 0 Å². The van der Waals surface area contributed by atoms with E-state index in [4.69, 9.17) is 4.98 Å². The highest BCUT2D eigenvalue weighted by Crippen LogP contribution is 2.30. The predicted molar refractivity (Wildman–Crippen MR) is 93.1 cm³/mol. The van der Waals surface area contributed by atoms with Crippen LogP contribution >= 0.6 is 0 Å². The summed E-state index contributed by atoms with van der Waals surface area (Å²) < 4.78 is 0. The topological polar surface area (TPSA) is 45.8 Å². The summed E-state index contributed by atoms with van der Waals surface area (Å²) in [4.78, 5) is 19.7. The molecule has 0 saturated heterocycles. The number of nitrogens with zero attached hydrogens (tertiary/aromatic N) is 1. The summed E-state index contributed by atoms with van der Waals surface area (Å²) in [6, 6.07) is 20.3. The first-order valence-electron chi connectivity index (χ1n) is 7.99. The van der Waals surface area contributed by atoms with Gasteiger partial charge in [-0.3, -0.25) is 4.79 Å². The molecule has 0 atom stereocenters. The Bertz CT molecular complexity index is 719. The Labute approximate surface area is 136 Å². The molecule has 0 unspecified atom stereocenters. The summed E-state index contributed by atoms with van der Waals surface area (Å²) in [5, 5.41) is 0. The normalized spacial score (nSPS) is 10.7. The standard InChI is InChI=1S/C20H20N2O/c1-2-17(23)13-14-18-21-19(15-9-5-3-6-10-15)20(22-18)16-11-7-4-8-12-16/h3-12H,2,13-14H2,1H3,(H,21,22). The molecule has 116 valence electrons. The molecule has 1 heterocycles. The third-order valence-corrected chi connectivity index (χ3v) is 3.90. The van der Waals surface area contributed by atoms with E-state index in [-0.39, 0.29) is 5.78 Å². The van der Waals surface area contributed by atoms with E-state index in [0.717, 1.165) is 28.3 Å². The van der Waals surface area contributed by atoms with Gasteiger partial charge >= 0.3 is 0 Å². The molecule has 3 heteroatoms. The zero-order chi connectivity index (χ0) is 16.1. The van der Waals surface area contributed by atoms with Crippen LogP contribution in [0.15, 0.2) is 60.7 Å². The number of imidazole rings is 1. The summed E-state index contributed by atoms with van der Waals surface area (Å²) in [6.07, 6.45) is 1.77. The number of aryl methyl sites for hydroxylation is 1. The zero-order valence-corrected chi connectivity index (χ0v) is 13.3. The lowest BCUT2D eigenvalue weighted by Crippen LogP contribution is -1.99. The highest BCUT2D eigenvalue weighted by Gasteiger charge is 2.14. The number of H-pyrrole nitrogens is 1. The van der Waals surface area contributed by atoms with Crippen LogP contribution in [0.25, 0.3) is 22.5 Å². The van der Waals surface area contributed by atoms with Crippen molar-refractivity contribution in [2.75, 3.05) is 0 Å². The molecule has 0 aliphatic rings. The Hall–Kier alpha value is -2.68. The lowest BCUT2D eigenvalue weighted by atomic mass is 10.1. The van der Waals surface area contributed by atoms with Crippen molar-refractivity contribution in [2.24, 2.45) is 0 Å². The van der Waals surface area contributed by atoms with Crippen LogP contribution in [-0.2, 0) is 11.2 Å². The monoisotopic (exact) mass is 304 g/mol. The van der Waals surface area contributed by atoms with Crippen LogP contribution in [0, 0.1) is 0 Å². The average Bonchev–Trinajstić information content (AvgIpc) is 3.05. The fourth-order valence-corrected chi connectivity index (χ4v) is 2.59. The smallest absolute Gasteiger partial charge is 0.133 e. The van der Waals surface area contributed by atoms with Gasteiger partial charge in [-0.1, -0.05) is 67.6 Å². The van der Waals surface area contributed by atoms with E-state index in [0.29, 0.717) is 19.3 Å². The number of hydrogen-bond donors (Lipinski definition) is 1. The quantitative estimate of drug-likeness (QED) is 0.720. The van der Waals surface area contributed by atoms with E-state index in [1.807, 2.05) is 43.3 Å². The second-order valence-corrected chi connectivity index (χ2v) is 5.53. The van der Waals surface area contributed by atoms with Crippen molar-refractivity contribution in [1.82, 2.24) is 9.97 Å². The van der Waals surface area contributed by atoms with Crippen LogP contribution in [-0.4, -0.2) is 15.8 Å². The summed E-state index contributed by atoms with van der Waals surface area (Å²) in [5.74, 6) is 1.13. The van der Waals surface area contributed by atoms with Crippen LogP contribution < -0.4 is 0 Å². The lowest BCUT2D eigenvalue weighted by Gasteiger charge is -2.02. The molecule has 3 aromatic rings. The molecule has 0 bridgehead atoms. The predicted octanol–water partition coefficient (Wildman–Crippen LogP) is 4.66. The average molecular weight is 304 g/mol. The Morgan fingerprint density at radius 3 is 2.17 bits per heavy atom. The minimum absolute atomic E-state index is 0.268. The Kier molecular flexibility index (Phi) is 4.67. The molecule has 0 saturated carbocycles. The van der Waals surface area contributed by atoms with E-state index in [1.165, 1.54) is 0 Å². The number of nitrogens with one attached hydrogen (secondary N) is 1. The molecule has 0 spiro atoms. The molecule has 3 rings (SSSR count). The molecule has 1 aromatic heterocycles. The van der Waals surface area contributed by atoms with Crippen molar-refractivity contribution >= 4 is 5.78 Å². The van der Waals surface area contributed by atoms with Gasteiger partial charge in [0.25, 0.3) is 0 Å². The first kappa shape index (κ1) is 15.2. The maximum Gasteiger partial charge on any atom is 0.133 e. The van der Waals surface area contributed by atoms with E-state index in [2.05, 4.69) is 29.2 Å². The van der Waals surface area contributed by atoms with Crippen molar-refractivity contribution < 1.29 is 4.79 Å². The zero-order valence-electron chi connectivity index (χ0n) is 13.3. The van der Waals surface area contributed by atoms with Gasteiger partial charge in [0.05, 0.1) is 11.4 Å². The van der Waals surface area contributed by atoms with Crippen molar-refractivity contribution in [1.29, 1.82) is 0 Å². The minimum atomic E-state index is 0.268.